The number of benzene rings is 2. The monoisotopic (exact) mass is 414 g/mol. The predicted octanol–water partition coefficient (Wildman–Crippen LogP) is 4.70. The van der Waals surface area contributed by atoms with Gasteiger partial charge in [-0.3, -0.25) is 9.69 Å². The Hall–Kier alpha value is -2.04. The Bertz CT molecular complexity index is 771. The Morgan fingerprint density at radius 1 is 1.14 bits per heavy atom. The summed E-state index contributed by atoms with van der Waals surface area (Å²) in [6.07, 6.45) is 4.03. The maximum atomic E-state index is 12.4. The zero-order chi connectivity index (χ0) is 20.5. The fourth-order valence-electron chi connectivity index (χ4n) is 3.78. The van der Waals surface area contributed by atoms with E-state index in [0.717, 1.165) is 56.1 Å². The fraction of sp³-hybridized carbons (Fsp3) is 0.458. The van der Waals surface area contributed by atoms with Crippen LogP contribution in [0.3, 0.4) is 0 Å². The lowest BCUT2D eigenvalue weighted by Gasteiger charge is -2.31. The van der Waals surface area contributed by atoms with E-state index in [4.69, 9.17) is 16.3 Å². The number of carbonyl (C=O) groups is 1. The number of halogens is 1. The minimum Gasteiger partial charge on any atom is -0.492 e. The molecule has 0 unspecified atom stereocenters. The second-order valence-electron chi connectivity index (χ2n) is 7.71. The van der Waals surface area contributed by atoms with Crippen LogP contribution in [0.1, 0.15) is 37.3 Å². The van der Waals surface area contributed by atoms with Crippen LogP contribution in [0.4, 0.5) is 0 Å². The molecule has 0 aromatic heterocycles. The van der Waals surface area contributed by atoms with Crippen LogP contribution in [0.2, 0.25) is 5.02 Å². The van der Waals surface area contributed by atoms with Gasteiger partial charge in [-0.2, -0.15) is 0 Å². The van der Waals surface area contributed by atoms with Crippen molar-refractivity contribution in [2.75, 3.05) is 26.2 Å². The maximum Gasteiger partial charge on any atom is 0.223 e. The Morgan fingerprint density at radius 3 is 2.59 bits per heavy atom. The van der Waals surface area contributed by atoms with Crippen molar-refractivity contribution < 1.29 is 9.53 Å². The number of likely N-dealkylation sites (tertiary alicyclic amines) is 1. The van der Waals surface area contributed by atoms with Gasteiger partial charge in [-0.1, -0.05) is 49.2 Å². The van der Waals surface area contributed by atoms with Crippen LogP contribution in [0, 0.1) is 5.92 Å². The largest absolute Gasteiger partial charge is 0.492 e. The van der Waals surface area contributed by atoms with Gasteiger partial charge in [0.05, 0.1) is 6.54 Å². The Kier molecular flexibility index (Phi) is 8.38. The molecule has 0 radical (unpaired) electrons. The summed E-state index contributed by atoms with van der Waals surface area (Å²) in [5.41, 5.74) is 2.55. The number of hydrogen-bond acceptors (Lipinski definition) is 3. The van der Waals surface area contributed by atoms with Crippen LogP contribution in [0.15, 0.2) is 48.5 Å². The first-order chi connectivity index (χ1) is 14.1. The predicted molar refractivity (Wildman–Crippen MR) is 118 cm³/mol. The van der Waals surface area contributed by atoms with Crippen LogP contribution < -0.4 is 10.1 Å². The van der Waals surface area contributed by atoms with Gasteiger partial charge in [0.25, 0.3) is 0 Å². The molecule has 1 N–H and O–H groups in total. The fourth-order valence-corrected chi connectivity index (χ4v) is 3.99. The third-order valence-electron chi connectivity index (χ3n) is 5.39. The number of nitrogens with one attached hydrogen (secondary N) is 1. The molecule has 3 rings (SSSR count). The van der Waals surface area contributed by atoms with Crippen molar-refractivity contribution in [3.8, 4) is 5.75 Å². The second-order valence-corrected chi connectivity index (χ2v) is 8.15. The molecular weight excluding hydrogens is 384 g/mol. The highest BCUT2D eigenvalue weighted by Gasteiger charge is 2.24. The average molecular weight is 415 g/mol. The summed E-state index contributed by atoms with van der Waals surface area (Å²) >= 11 is 6.06. The number of hydrogen-bond donors (Lipinski definition) is 1. The lowest BCUT2D eigenvalue weighted by atomic mass is 9.95. The van der Waals surface area contributed by atoms with Crippen LogP contribution in [-0.4, -0.2) is 37.0 Å². The molecule has 156 valence electrons. The maximum absolute atomic E-state index is 12.4. The first kappa shape index (κ1) is 21.7. The number of piperidine rings is 1. The molecule has 0 bridgehead atoms. The third kappa shape index (κ3) is 7.06. The molecule has 0 aliphatic carbocycles. The number of amides is 1. The Labute approximate surface area is 179 Å². The molecule has 1 heterocycles. The zero-order valence-corrected chi connectivity index (χ0v) is 18.0. The van der Waals surface area contributed by atoms with Gasteiger partial charge in [-0.15, -0.1) is 0 Å². The number of nitrogens with zero attached hydrogens (tertiary/aromatic N) is 1. The molecule has 1 aliphatic rings. The summed E-state index contributed by atoms with van der Waals surface area (Å²) in [6, 6.07) is 16.2. The van der Waals surface area contributed by atoms with Crippen molar-refractivity contribution in [3.05, 3.63) is 64.7 Å². The summed E-state index contributed by atoms with van der Waals surface area (Å²) < 4.78 is 5.74. The van der Waals surface area contributed by atoms with Crippen LogP contribution in [0.25, 0.3) is 0 Å². The van der Waals surface area contributed by atoms with E-state index in [1.165, 1.54) is 11.1 Å². The topological polar surface area (TPSA) is 41.6 Å². The van der Waals surface area contributed by atoms with Gasteiger partial charge in [0, 0.05) is 17.5 Å². The molecule has 1 fully saturated rings. The van der Waals surface area contributed by atoms with E-state index in [0.29, 0.717) is 13.2 Å². The van der Waals surface area contributed by atoms with Crippen molar-refractivity contribution >= 4 is 17.5 Å². The van der Waals surface area contributed by atoms with Crippen molar-refractivity contribution in [1.82, 2.24) is 10.2 Å². The van der Waals surface area contributed by atoms with Crippen molar-refractivity contribution in [3.63, 3.8) is 0 Å². The standard InChI is InChI=1S/C24H31ClN2O2/c1-2-4-19-7-9-23(10-8-19)29-16-13-26-24(28)21-11-14-27(15-12-21)18-20-5-3-6-22(25)17-20/h3,5-10,17,21H,2,4,11-16,18H2,1H3,(H,26,28). The van der Waals surface area contributed by atoms with Gasteiger partial charge in [0.1, 0.15) is 12.4 Å². The van der Waals surface area contributed by atoms with E-state index < -0.39 is 0 Å². The summed E-state index contributed by atoms with van der Waals surface area (Å²) in [5.74, 6) is 1.10. The lowest BCUT2D eigenvalue weighted by Crippen LogP contribution is -2.41. The van der Waals surface area contributed by atoms with Gasteiger partial charge >= 0.3 is 0 Å². The van der Waals surface area contributed by atoms with Crippen molar-refractivity contribution in [2.24, 2.45) is 5.92 Å². The Morgan fingerprint density at radius 2 is 1.90 bits per heavy atom. The molecule has 5 heteroatoms. The van der Waals surface area contributed by atoms with E-state index in [1.54, 1.807) is 0 Å². The minimum atomic E-state index is 0.0962. The second kappa shape index (κ2) is 11.2. The molecular formula is C24H31ClN2O2. The third-order valence-corrected chi connectivity index (χ3v) is 5.62. The molecule has 0 saturated carbocycles. The molecule has 1 saturated heterocycles. The average Bonchev–Trinajstić information content (AvgIpc) is 2.73. The number of rotatable bonds is 9. The SMILES string of the molecule is CCCc1ccc(OCCNC(=O)C2CCN(Cc3cccc(Cl)c3)CC2)cc1. The van der Waals surface area contributed by atoms with Gasteiger partial charge in [-0.25, -0.2) is 0 Å². The van der Waals surface area contributed by atoms with Crippen molar-refractivity contribution in [2.45, 2.75) is 39.2 Å². The van der Waals surface area contributed by atoms with Crippen molar-refractivity contribution in [1.29, 1.82) is 0 Å². The molecule has 0 spiro atoms. The summed E-state index contributed by atoms with van der Waals surface area (Å²) in [4.78, 5) is 14.8. The molecule has 2 aromatic rings. The molecule has 4 nitrogen and oxygen atoms in total. The molecule has 1 aliphatic heterocycles. The normalized spacial score (nSPS) is 15.2. The lowest BCUT2D eigenvalue weighted by molar-refractivity contribution is -0.126. The van der Waals surface area contributed by atoms with Crippen LogP contribution >= 0.6 is 11.6 Å². The van der Waals surface area contributed by atoms with Crippen LogP contribution in [0.5, 0.6) is 5.75 Å². The highest BCUT2D eigenvalue weighted by atomic mass is 35.5. The van der Waals surface area contributed by atoms with Gasteiger partial charge < -0.3 is 10.1 Å². The smallest absolute Gasteiger partial charge is 0.223 e. The number of ether oxygens (including phenoxy) is 1. The molecule has 1 amide bonds. The first-order valence-electron chi connectivity index (χ1n) is 10.6. The van der Waals surface area contributed by atoms with E-state index in [2.05, 4.69) is 35.3 Å². The minimum absolute atomic E-state index is 0.0962. The molecule has 2 aromatic carbocycles. The number of carbonyl (C=O) groups excluding carboxylic acids is 1. The van der Waals surface area contributed by atoms with Crippen LogP contribution in [-0.2, 0) is 17.8 Å². The van der Waals surface area contributed by atoms with Gasteiger partial charge in [-0.05, 0) is 67.7 Å². The molecule has 0 atom stereocenters. The highest BCUT2D eigenvalue weighted by molar-refractivity contribution is 6.30. The van der Waals surface area contributed by atoms with E-state index >= 15 is 0 Å². The van der Waals surface area contributed by atoms with E-state index in [9.17, 15) is 4.79 Å². The quantitative estimate of drug-likeness (QED) is 0.604. The summed E-state index contributed by atoms with van der Waals surface area (Å²) in [6.45, 7) is 5.97. The highest BCUT2D eigenvalue weighted by Crippen LogP contribution is 2.20. The first-order valence-corrected chi connectivity index (χ1v) is 11.0. The summed E-state index contributed by atoms with van der Waals surface area (Å²) in [7, 11) is 0. The van der Waals surface area contributed by atoms with Gasteiger partial charge in [0.2, 0.25) is 5.91 Å². The van der Waals surface area contributed by atoms with Gasteiger partial charge in [0.15, 0.2) is 0 Å². The Balaban J connectivity index is 1.32. The molecule has 29 heavy (non-hydrogen) atoms. The zero-order valence-electron chi connectivity index (χ0n) is 17.2. The van der Waals surface area contributed by atoms with E-state index in [-0.39, 0.29) is 11.8 Å². The summed E-state index contributed by atoms with van der Waals surface area (Å²) in [5, 5.41) is 3.80. The number of aryl methyl sites for hydroxylation is 1. The van der Waals surface area contributed by atoms with E-state index in [1.807, 2.05) is 30.3 Å².